The Morgan fingerprint density at radius 3 is 3.32 bits per heavy atom. The standard InChI is InChI=1S/C15H23N3O3S/c1-20-6-3-17-15(19)12-8-11-2-5-18(9-13(11)21-12)10-14-16-4-7-22-14/h4,7,11-13H,2-3,5-6,8-10H2,1H3,(H,17,19)/t11-,12+,13-/m1/s1. The number of nitrogens with one attached hydrogen (secondary N) is 1. The number of methoxy groups -OCH3 is 1. The summed E-state index contributed by atoms with van der Waals surface area (Å²) in [6.07, 6.45) is 3.66. The normalized spacial score (nSPS) is 28.5. The first kappa shape index (κ1) is 15.9. The van der Waals surface area contributed by atoms with Gasteiger partial charge in [0.2, 0.25) is 5.91 Å². The fraction of sp³-hybridized carbons (Fsp3) is 0.733. The molecule has 0 aromatic carbocycles. The molecule has 0 spiro atoms. The first-order valence-electron chi connectivity index (χ1n) is 7.79. The molecule has 22 heavy (non-hydrogen) atoms. The SMILES string of the molecule is COCCNC(=O)[C@@H]1C[C@H]2CCN(Cc3nccs3)C[C@H]2O1. The molecular weight excluding hydrogens is 302 g/mol. The molecule has 3 heterocycles. The first-order chi connectivity index (χ1) is 10.8. The first-order valence-corrected chi connectivity index (χ1v) is 8.67. The minimum Gasteiger partial charge on any atom is -0.383 e. The van der Waals surface area contributed by atoms with E-state index in [9.17, 15) is 4.79 Å². The van der Waals surface area contributed by atoms with Crippen LogP contribution in [0.2, 0.25) is 0 Å². The maximum atomic E-state index is 12.1. The molecule has 7 heteroatoms. The van der Waals surface area contributed by atoms with Crippen molar-refractivity contribution < 1.29 is 14.3 Å². The number of ether oxygens (including phenoxy) is 2. The van der Waals surface area contributed by atoms with Crippen molar-refractivity contribution in [1.82, 2.24) is 15.2 Å². The Labute approximate surface area is 134 Å². The zero-order chi connectivity index (χ0) is 15.4. The van der Waals surface area contributed by atoms with Gasteiger partial charge in [0.05, 0.1) is 19.3 Å². The number of hydrogen-bond donors (Lipinski definition) is 1. The Bertz CT molecular complexity index is 482. The molecule has 2 aliphatic heterocycles. The van der Waals surface area contributed by atoms with Gasteiger partial charge in [0.15, 0.2) is 0 Å². The van der Waals surface area contributed by atoms with E-state index in [1.54, 1.807) is 18.4 Å². The van der Waals surface area contributed by atoms with Crippen molar-refractivity contribution in [3.05, 3.63) is 16.6 Å². The summed E-state index contributed by atoms with van der Waals surface area (Å²) in [6.45, 7) is 3.91. The third-order valence-corrected chi connectivity index (χ3v) is 5.14. The number of aromatic nitrogens is 1. The smallest absolute Gasteiger partial charge is 0.249 e. The van der Waals surface area contributed by atoms with Crippen molar-refractivity contribution in [3.63, 3.8) is 0 Å². The summed E-state index contributed by atoms with van der Waals surface area (Å²) in [5, 5.41) is 6.02. The summed E-state index contributed by atoms with van der Waals surface area (Å²) in [7, 11) is 1.63. The Morgan fingerprint density at radius 1 is 1.64 bits per heavy atom. The number of hydrogen-bond acceptors (Lipinski definition) is 6. The van der Waals surface area contributed by atoms with Gasteiger partial charge in [-0.15, -0.1) is 11.3 Å². The van der Waals surface area contributed by atoms with Crippen molar-refractivity contribution in [3.8, 4) is 0 Å². The summed E-state index contributed by atoms with van der Waals surface area (Å²) < 4.78 is 10.9. The second-order valence-electron chi connectivity index (χ2n) is 5.89. The van der Waals surface area contributed by atoms with Crippen LogP contribution < -0.4 is 5.32 Å². The molecule has 1 aromatic heterocycles. The molecule has 2 saturated heterocycles. The molecule has 2 aliphatic rings. The summed E-state index contributed by atoms with van der Waals surface area (Å²) in [4.78, 5) is 18.8. The molecule has 2 fully saturated rings. The maximum Gasteiger partial charge on any atom is 0.249 e. The number of likely N-dealkylation sites (tertiary alicyclic amines) is 1. The zero-order valence-electron chi connectivity index (χ0n) is 12.9. The second-order valence-corrected chi connectivity index (χ2v) is 6.87. The Hall–Kier alpha value is -1.02. The molecule has 0 aliphatic carbocycles. The average molecular weight is 325 g/mol. The van der Waals surface area contributed by atoms with Crippen molar-refractivity contribution in [2.45, 2.75) is 31.6 Å². The van der Waals surface area contributed by atoms with Gasteiger partial charge in [0.25, 0.3) is 0 Å². The van der Waals surface area contributed by atoms with Crippen molar-refractivity contribution in [2.24, 2.45) is 5.92 Å². The van der Waals surface area contributed by atoms with Crippen LogP contribution in [0.5, 0.6) is 0 Å². The van der Waals surface area contributed by atoms with Crippen molar-refractivity contribution in [1.29, 1.82) is 0 Å². The van der Waals surface area contributed by atoms with E-state index in [0.29, 0.717) is 19.1 Å². The van der Waals surface area contributed by atoms with Gasteiger partial charge in [-0.05, 0) is 25.3 Å². The van der Waals surface area contributed by atoms with E-state index in [1.807, 2.05) is 11.6 Å². The molecule has 1 amide bonds. The lowest BCUT2D eigenvalue weighted by Gasteiger charge is -2.33. The number of carbonyl (C=O) groups excluding carboxylic acids is 1. The number of amides is 1. The van der Waals surface area contributed by atoms with Gasteiger partial charge >= 0.3 is 0 Å². The average Bonchev–Trinajstić information content (AvgIpc) is 3.16. The third kappa shape index (κ3) is 3.84. The fourth-order valence-electron chi connectivity index (χ4n) is 3.22. The highest BCUT2D eigenvalue weighted by atomic mass is 32.1. The molecule has 6 nitrogen and oxygen atoms in total. The van der Waals surface area contributed by atoms with Crippen molar-refractivity contribution >= 4 is 17.2 Å². The molecule has 122 valence electrons. The minimum absolute atomic E-state index is 0.00192. The second kappa shape index (κ2) is 7.50. The highest BCUT2D eigenvalue weighted by Gasteiger charge is 2.41. The summed E-state index contributed by atoms with van der Waals surface area (Å²) in [6, 6.07) is 0. The van der Waals surface area contributed by atoms with E-state index in [1.165, 1.54) is 0 Å². The molecule has 0 radical (unpaired) electrons. The van der Waals surface area contributed by atoms with Gasteiger partial charge in [-0.2, -0.15) is 0 Å². The van der Waals surface area contributed by atoms with Crippen LogP contribution in [-0.2, 0) is 20.8 Å². The lowest BCUT2D eigenvalue weighted by Crippen LogP contribution is -2.42. The Kier molecular flexibility index (Phi) is 5.41. The van der Waals surface area contributed by atoms with Gasteiger partial charge in [0.1, 0.15) is 11.1 Å². The lowest BCUT2D eigenvalue weighted by molar-refractivity contribution is -0.133. The van der Waals surface area contributed by atoms with E-state index in [4.69, 9.17) is 9.47 Å². The molecule has 0 unspecified atom stereocenters. The van der Waals surface area contributed by atoms with Gasteiger partial charge in [0, 0.05) is 31.8 Å². The van der Waals surface area contributed by atoms with Crippen molar-refractivity contribution in [2.75, 3.05) is 33.4 Å². The summed E-state index contributed by atoms with van der Waals surface area (Å²) in [5.74, 6) is 0.503. The molecule has 0 bridgehead atoms. The van der Waals surface area contributed by atoms with E-state index in [-0.39, 0.29) is 18.1 Å². The zero-order valence-corrected chi connectivity index (χ0v) is 13.7. The Morgan fingerprint density at radius 2 is 2.55 bits per heavy atom. The predicted molar refractivity (Wildman–Crippen MR) is 83.7 cm³/mol. The van der Waals surface area contributed by atoms with Crippen LogP contribution in [0.1, 0.15) is 17.8 Å². The minimum atomic E-state index is -0.299. The van der Waals surface area contributed by atoms with Crippen LogP contribution in [0.3, 0.4) is 0 Å². The number of nitrogens with zero attached hydrogens (tertiary/aromatic N) is 2. The third-order valence-electron chi connectivity index (χ3n) is 4.38. The Balaban J connectivity index is 1.47. The number of rotatable bonds is 6. The van der Waals surface area contributed by atoms with Crippen LogP contribution in [0.25, 0.3) is 0 Å². The summed E-state index contributed by atoms with van der Waals surface area (Å²) >= 11 is 1.69. The number of piperidine rings is 1. The molecule has 3 atom stereocenters. The van der Waals surface area contributed by atoms with E-state index in [2.05, 4.69) is 15.2 Å². The monoisotopic (exact) mass is 325 g/mol. The van der Waals surface area contributed by atoms with E-state index >= 15 is 0 Å². The topological polar surface area (TPSA) is 63.7 Å². The maximum absolute atomic E-state index is 12.1. The number of fused-ring (bicyclic) bond motifs is 1. The number of carbonyl (C=O) groups is 1. The van der Waals surface area contributed by atoms with Crippen LogP contribution in [0.15, 0.2) is 11.6 Å². The van der Waals surface area contributed by atoms with E-state index in [0.717, 1.165) is 37.5 Å². The molecule has 0 saturated carbocycles. The van der Waals surface area contributed by atoms with Crippen LogP contribution >= 0.6 is 11.3 Å². The van der Waals surface area contributed by atoms with Crippen LogP contribution in [0.4, 0.5) is 0 Å². The molecule has 1 N–H and O–H groups in total. The van der Waals surface area contributed by atoms with Crippen LogP contribution in [0, 0.1) is 5.92 Å². The quantitative estimate of drug-likeness (QED) is 0.787. The summed E-state index contributed by atoms with van der Waals surface area (Å²) in [5.41, 5.74) is 0. The molecular formula is C15H23N3O3S. The fourth-order valence-corrected chi connectivity index (χ4v) is 3.88. The predicted octanol–water partition coefficient (Wildman–Crippen LogP) is 0.885. The highest BCUT2D eigenvalue weighted by Crippen LogP contribution is 2.33. The molecule has 1 aromatic rings. The largest absolute Gasteiger partial charge is 0.383 e. The molecule has 3 rings (SSSR count). The van der Waals surface area contributed by atoms with Gasteiger partial charge in [-0.1, -0.05) is 0 Å². The highest BCUT2D eigenvalue weighted by molar-refractivity contribution is 7.09. The van der Waals surface area contributed by atoms with Gasteiger partial charge in [-0.3, -0.25) is 9.69 Å². The van der Waals surface area contributed by atoms with Crippen LogP contribution in [-0.4, -0.2) is 61.3 Å². The lowest BCUT2D eigenvalue weighted by atomic mass is 9.91. The van der Waals surface area contributed by atoms with Gasteiger partial charge < -0.3 is 14.8 Å². The number of thiazole rings is 1. The van der Waals surface area contributed by atoms with E-state index < -0.39 is 0 Å². The van der Waals surface area contributed by atoms with Gasteiger partial charge in [-0.25, -0.2) is 4.98 Å².